The van der Waals surface area contributed by atoms with E-state index in [1.807, 2.05) is 5.38 Å². The fourth-order valence-electron chi connectivity index (χ4n) is 2.65. The summed E-state index contributed by atoms with van der Waals surface area (Å²) in [5.74, 6) is -0.0483. The van der Waals surface area contributed by atoms with Crippen molar-refractivity contribution in [3.05, 3.63) is 16.1 Å². The Balaban J connectivity index is 1.90. The van der Waals surface area contributed by atoms with Crippen LogP contribution in [0.15, 0.2) is 5.38 Å². The summed E-state index contributed by atoms with van der Waals surface area (Å²) in [5, 5.41) is 5.63. The number of nitrogens with zero attached hydrogens (tertiary/aromatic N) is 3. The van der Waals surface area contributed by atoms with Crippen LogP contribution in [0.1, 0.15) is 43.8 Å². The van der Waals surface area contributed by atoms with Gasteiger partial charge in [-0.1, -0.05) is 13.8 Å². The van der Waals surface area contributed by atoms with Crippen LogP contribution in [0.4, 0.5) is 4.79 Å². The minimum atomic E-state index is -0.836. The highest BCUT2D eigenvalue weighted by Crippen LogP contribution is 2.19. The van der Waals surface area contributed by atoms with E-state index in [4.69, 9.17) is 4.74 Å². The minimum Gasteiger partial charge on any atom is -0.378 e. The van der Waals surface area contributed by atoms with Gasteiger partial charge in [0.05, 0.1) is 42.9 Å². The van der Waals surface area contributed by atoms with E-state index in [2.05, 4.69) is 24.1 Å². The molecule has 1 fully saturated rings. The topological polar surface area (TPSA) is 91.8 Å². The Morgan fingerprint density at radius 3 is 2.56 bits per heavy atom. The Kier molecular flexibility index (Phi) is 7.73. The van der Waals surface area contributed by atoms with Crippen molar-refractivity contribution < 1.29 is 19.1 Å². The van der Waals surface area contributed by atoms with Gasteiger partial charge in [-0.3, -0.25) is 9.59 Å². The highest BCUT2D eigenvalue weighted by atomic mass is 32.1. The lowest BCUT2D eigenvalue weighted by Gasteiger charge is -2.28. The molecule has 1 atom stereocenters. The molecule has 1 N–H and O–H groups in total. The fourth-order valence-corrected chi connectivity index (χ4v) is 3.47. The monoisotopic (exact) mass is 396 g/mol. The number of Topliss-reactive ketones (excluding diaryl/α,β-unsaturated/α-hetero) is 1. The number of ketones is 1. The molecule has 0 bridgehead atoms. The van der Waals surface area contributed by atoms with Crippen LogP contribution in [0.3, 0.4) is 0 Å². The average Bonchev–Trinajstić information content (AvgIpc) is 3.10. The Bertz CT molecular complexity index is 670. The molecule has 0 spiro atoms. The van der Waals surface area contributed by atoms with Gasteiger partial charge in [-0.15, -0.1) is 11.3 Å². The number of aromatic nitrogens is 1. The Labute approximate surface area is 163 Å². The van der Waals surface area contributed by atoms with Crippen molar-refractivity contribution in [1.29, 1.82) is 0 Å². The number of hydrogen-bond donors (Lipinski definition) is 1. The summed E-state index contributed by atoms with van der Waals surface area (Å²) in [6.45, 7) is 7.89. The molecule has 1 aliphatic rings. The van der Waals surface area contributed by atoms with Gasteiger partial charge >= 0.3 is 6.03 Å². The van der Waals surface area contributed by atoms with E-state index in [0.717, 1.165) is 10.7 Å². The smallest absolute Gasteiger partial charge is 0.318 e. The first-order valence-corrected chi connectivity index (χ1v) is 9.97. The quantitative estimate of drug-likeness (QED) is 0.756. The second kappa shape index (κ2) is 9.80. The lowest BCUT2D eigenvalue weighted by atomic mass is 10.1. The van der Waals surface area contributed by atoms with E-state index >= 15 is 0 Å². The first-order chi connectivity index (χ1) is 12.8. The molecule has 0 aliphatic carbocycles. The lowest BCUT2D eigenvalue weighted by Crippen LogP contribution is -2.49. The Hall–Kier alpha value is -2.00. The molecule has 1 aromatic heterocycles. The van der Waals surface area contributed by atoms with Crippen LogP contribution in [0.5, 0.6) is 0 Å². The van der Waals surface area contributed by atoms with Crippen molar-refractivity contribution >= 4 is 29.1 Å². The van der Waals surface area contributed by atoms with Gasteiger partial charge in [0.25, 0.3) is 0 Å². The third-order valence-electron chi connectivity index (χ3n) is 4.34. The molecule has 9 heteroatoms. The number of nitrogens with one attached hydrogen (secondary N) is 1. The number of rotatable bonds is 7. The maximum atomic E-state index is 12.5. The van der Waals surface area contributed by atoms with E-state index in [1.165, 1.54) is 11.8 Å². The second-order valence-electron chi connectivity index (χ2n) is 7.00. The molecule has 0 saturated carbocycles. The van der Waals surface area contributed by atoms with Crippen LogP contribution in [-0.2, 0) is 20.9 Å². The molecule has 2 heterocycles. The van der Waals surface area contributed by atoms with E-state index < -0.39 is 12.1 Å². The van der Waals surface area contributed by atoms with Crippen LogP contribution < -0.4 is 5.32 Å². The number of carbonyl (C=O) groups excluding carboxylic acids is 3. The molecule has 2 rings (SSSR count). The summed E-state index contributed by atoms with van der Waals surface area (Å²) in [4.78, 5) is 44.4. The molecule has 1 aliphatic heterocycles. The van der Waals surface area contributed by atoms with Gasteiger partial charge in [0, 0.05) is 31.4 Å². The molecule has 0 radical (unpaired) electrons. The number of thiazole rings is 1. The van der Waals surface area contributed by atoms with Gasteiger partial charge in [0.2, 0.25) is 5.91 Å². The second-order valence-corrected chi connectivity index (χ2v) is 7.89. The summed E-state index contributed by atoms with van der Waals surface area (Å²) >= 11 is 1.57. The summed E-state index contributed by atoms with van der Waals surface area (Å²) in [7, 11) is 1.64. The van der Waals surface area contributed by atoms with E-state index in [1.54, 1.807) is 23.3 Å². The summed E-state index contributed by atoms with van der Waals surface area (Å²) in [6.07, 6.45) is -0.0386. The summed E-state index contributed by atoms with van der Waals surface area (Å²) < 4.78 is 5.23. The van der Waals surface area contributed by atoms with Crippen molar-refractivity contribution in [1.82, 2.24) is 20.1 Å². The molecule has 0 aromatic carbocycles. The van der Waals surface area contributed by atoms with Gasteiger partial charge < -0.3 is 19.9 Å². The van der Waals surface area contributed by atoms with Crippen molar-refractivity contribution in [3.8, 4) is 0 Å². The molecule has 27 heavy (non-hydrogen) atoms. The van der Waals surface area contributed by atoms with Gasteiger partial charge in [0.1, 0.15) is 0 Å². The lowest BCUT2D eigenvalue weighted by molar-refractivity contribution is -0.137. The van der Waals surface area contributed by atoms with E-state index in [9.17, 15) is 14.4 Å². The van der Waals surface area contributed by atoms with E-state index in [0.29, 0.717) is 38.8 Å². The highest BCUT2D eigenvalue weighted by molar-refractivity contribution is 7.09. The number of urea groups is 1. The largest absolute Gasteiger partial charge is 0.378 e. The number of carbonyl (C=O) groups is 3. The third-order valence-corrected chi connectivity index (χ3v) is 5.53. The van der Waals surface area contributed by atoms with Crippen molar-refractivity contribution in [3.63, 3.8) is 0 Å². The highest BCUT2D eigenvalue weighted by Gasteiger charge is 2.26. The Morgan fingerprint density at radius 2 is 2.00 bits per heavy atom. The van der Waals surface area contributed by atoms with Crippen molar-refractivity contribution in [2.45, 2.75) is 45.7 Å². The SMILES string of the molecule is CC(=O)C(CC(=O)N1CCOCC1)NC(=O)N(C)Cc1csc(C(C)C)n1. The average molecular weight is 397 g/mol. The maximum absolute atomic E-state index is 12.5. The van der Waals surface area contributed by atoms with Gasteiger partial charge in [-0.25, -0.2) is 9.78 Å². The van der Waals surface area contributed by atoms with Gasteiger partial charge in [0.15, 0.2) is 5.78 Å². The number of morpholine rings is 1. The fraction of sp³-hybridized carbons (Fsp3) is 0.667. The molecule has 1 saturated heterocycles. The molecular formula is C18H28N4O4S. The van der Waals surface area contributed by atoms with Crippen LogP contribution in [0.2, 0.25) is 0 Å². The van der Waals surface area contributed by atoms with Gasteiger partial charge in [-0.05, 0) is 6.92 Å². The predicted octanol–water partition coefficient (Wildman–Crippen LogP) is 1.61. The zero-order chi connectivity index (χ0) is 20.0. The zero-order valence-corrected chi connectivity index (χ0v) is 17.2. The molecule has 8 nitrogen and oxygen atoms in total. The van der Waals surface area contributed by atoms with Crippen LogP contribution in [0, 0.1) is 0 Å². The zero-order valence-electron chi connectivity index (χ0n) is 16.4. The number of hydrogen-bond acceptors (Lipinski definition) is 6. The van der Waals surface area contributed by atoms with Gasteiger partial charge in [-0.2, -0.15) is 0 Å². The Morgan fingerprint density at radius 1 is 1.33 bits per heavy atom. The molecule has 150 valence electrons. The van der Waals surface area contributed by atoms with Crippen molar-refractivity contribution in [2.24, 2.45) is 0 Å². The molecular weight excluding hydrogens is 368 g/mol. The first-order valence-electron chi connectivity index (χ1n) is 9.09. The van der Waals surface area contributed by atoms with Crippen molar-refractivity contribution in [2.75, 3.05) is 33.4 Å². The summed E-state index contributed by atoms with van der Waals surface area (Å²) in [5.41, 5.74) is 0.810. The molecule has 1 aromatic rings. The molecule has 3 amide bonds. The first kappa shape index (κ1) is 21.3. The third kappa shape index (κ3) is 6.28. The normalized spacial score (nSPS) is 15.5. The standard InChI is InChI=1S/C18H28N4O4S/c1-12(2)17-19-14(11-27-17)10-21(4)18(25)20-15(13(3)23)9-16(24)22-5-7-26-8-6-22/h11-12,15H,5-10H2,1-4H3,(H,20,25). The minimum absolute atomic E-state index is 0.0386. The predicted molar refractivity (Wildman–Crippen MR) is 103 cm³/mol. The number of ether oxygens (including phenoxy) is 1. The molecule has 1 unspecified atom stereocenters. The maximum Gasteiger partial charge on any atom is 0.318 e. The number of amides is 3. The van der Waals surface area contributed by atoms with Crippen LogP contribution >= 0.6 is 11.3 Å². The van der Waals surface area contributed by atoms with Crippen LogP contribution in [-0.4, -0.2) is 71.9 Å². The van der Waals surface area contributed by atoms with Crippen LogP contribution in [0.25, 0.3) is 0 Å². The summed E-state index contributed by atoms with van der Waals surface area (Å²) in [6, 6.07) is -1.24. The van der Waals surface area contributed by atoms with E-state index in [-0.39, 0.29) is 18.1 Å².